The summed E-state index contributed by atoms with van der Waals surface area (Å²) < 4.78 is 58.0. The van der Waals surface area contributed by atoms with Crippen LogP contribution in [-0.4, -0.2) is 30.3 Å². The van der Waals surface area contributed by atoms with E-state index in [0.29, 0.717) is 0 Å². The van der Waals surface area contributed by atoms with Gasteiger partial charge in [0.15, 0.2) is 18.2 Å². The van der Waals surface area contributed by atoms with Gasteiger partial charge in [-0.05, 0) is 17.7 Å². The summed E-state index contributed by atoms with van der Waals surface area (Å²) in [5.74, 6) is -1.83. The van der Waals surface area contributed by atoms with E-state index in [1.807, 2.05) is 5.32 Å². The van der Waals surface area contributed by atoms with Gasteiger partial charge in [0.2, 0.25) is 5.60 Å². The molecule has 134 valence electrons. The number of para-hydroxylation sites is 1. The Hall–Kier alpha value is -2.61. The Kier molecular flexibility index (Phi) is 5.63. The van der Waals surface area contributed by atoms with Crippen LogP contribution in [0, 0.1) is 5.82 Å². The van der Waals surface area contributed by atoms with E-state index < -0.39 is 42.2 Å². The average Bonchev–Trinajstić information content (AvgIpc) is 2.58. The Bertz CT molecular complexity index is 721. The summed E-state index contributed by atoms with van der Waals surface area (Å²) in [6.07, 6.45) is -5.01. The zero-order valence-electron chi connectivity index (χ0n) is 12.9. The highest BCUT2D eigenvalue weighted by molar-refractivity contribution is 5.77. The second-order valence-corrected chi connectivity index (χ2v) is 5.22. The summed E-state index contributed by atoms with van der Waals surface area (Å²) in [5, 5.41) is 12.0. The van der Waals surface area contributed by atoms with Gasteiger partial charge >= 0.3 is 6.18 Å². The minimum Gasteiger partial charge on any atom is -0.481 e. The smallest absolute Gasteiger partial charge is 0.423 e. The van der Waals surface area contributed by atoms with E-state index in [-0.39, 0.29) is 5.75 Å². The van der Waals surface area contributed by atoms with Crippen molar-refractivity contribution >= 4 is 5.91 Å². The molecule has 0 aliphatic heterocycles. The van der Waals surface area contributed by atoms with Gasteiger partial charge < -0.3 is 15.2 Å². The third kappa shape index (κ3) is 4.48. The molecule has 0 saturated heterocycles. The van der Waals surface area contributed by atoms with Gasteiger partial charge in [-0.3, -0.25) is 4.79 Å². The molecule has 2 rings (SSSR count). The zero-order valence-corrected chi connectivity index (χ0v) is 12.9. The van der Waals surface area contributed by atoms with E-state index in [0.717, 1.165) is 18.2 Å². The Morgan fingerprint density at radius 3 is 2.24 bits per heavy atom. The van der Waals surface area contributed by atoms with Crippen molar-refractivity contribution in [3.05, 3.63) is 66.0 Å². The summed E-state index contributed by atoms with van der Waals surface area (Å²) in [6, 6.07) is 11.7. The molecule has 2 aromatic rings. The number of alkyl halides is 3. The molecule has 0 heterocycles. The monoisotopic (exact) mass is 357 g/mol. The van der Waals surface area contributed by atoms with Crippen LogP contribution in [0.1, 0.15) is 5.56 Å². The van der Waals surface area contributed by atoms with Crippen molar-refractivity contribution in [3.8, 4) is 5.75 Å². The lowest BCUT2D eigenvalue weighted by atomic mass is 9.93. The second-order valence-electron chi connectivity index (χ2n) is 5.22. The van der Waals surface area contributed by atoms with Crippen molar-refractivity contribution < 1.29 is 32.2 Å². The molecule has 0 fully saturated rings. The van der Waals surface area contributed by atoms with Crippen LogP contribution in [0.15, 0.2) is 54.6 Å². The van der Waals surface area contributed by atoms with Gasteiger partial charge in [0.05, 0.1) is 6.54 Å². The molecule has 8 heteroatoms. The first kappa shape index (κ1) is 18.7. The molecule has 0 aromatic heterocycles. The third-order valence-electron chi connectivity index (χ3n) is 3.46. The summed E-state index contributed by atoms with van der Waals surface area (Å²) >= 11 is 0. The molecular formula is C17H15F4NO3. The minimum atomic E-state index is -5.01. The number of halogens is 4. The number of carbonyl (C=O) groups excluding carboxylic acids is 1. The maximum absolute atomic E-state index is 13.3. The molecule has 0 aliphatic rings. The fourth-order valence-corrected chi connectivity index (χ4v) is 2.06. The Morgan fingerprint density at radius 2 is 1.64 bits per heavy atom. The lowest BCUT2D eigenvalue weighted by molar-refractivity contribution is -0.264. The van der Waals surface area contributed by atoms with Crippen LogP contribution in [0.25, 0.3) is 0 Å². The molecule has 2 N–H and O–H groups in total. The van der Waals surface area contributed by atoms with E-state index in [1.165, 1.54) is 36.4 Å². The largest absolute Gasteiger partial charge is 0.481 e. The summed E-state index contributed by atoms with van der Waals surface area (Å²) in [4.78, 5) is 11.7. The summed E-state index contributed by atoms with van der Waals surface area (Å²) in [5.41, 5.74) is -3.65. The number of hydrogen-bond acceptors (Lipinski definition) is 3. The number of carbonyl (C=O) groups is 1. The van der Waals surface area contributed by atoms with Gasteiger partial charge in [0, 0.05) is 0 Å². The van der Waals surface area contributed by atoms with E-state index >= 15 is 0 Å². The molecule has 25 heavy (non-hydrogen) atoms. The molecule has 4 nitrogen and oxygen atoms in total. The summed E-state index contributed by atoms with van der Waals surface area (Å²) in [6.45, 7) is -1.79. The number of aliphatic hydroxyl groups is 1. The zero-order chi connectivity index (χ0) is 18.5. The van der Waals surface area contributed by atoms with Crippen LogP contribution in [0.3, 0.4) is 0 Å². The van der Waals surface area contributed by atoms with E-state index in [1.54, 1.807) is 0 Å². The van der Waals surface area contributed by atoms with Crippen molar-refractivity contribution in [1.82, 2.24) is 5.32 Å². The number of hydrogen-bond donors (Lipinski definition) is 2. The average molecular weight is 357 g/mol. The van der Waals surface area contributed by atoms with Gasteiger partial charge in [-0.25, -0.2) is 4.39 Å². The first-order valence-electron chi connectivity index (χ1n) is 7.23. The van der Waals surface area contributed by atoms with Gasteiger partial charge in [0.25, 0.3) is 5.91 Å². The predicted molar refractivity (Wildman–Crippen MR) is 81.3 cm³/mol. The Labute approximate surface area is 141 Å². The van der Waals surface area contributed by atoms with E-state index in [2.05, 4.69) is 0 Å². The van der Waals surface area contributed by atoms with Gasteiger partial charge in [-0.15, -0.1) is 0 Å². The van der Waals surface area contributed by atoms with Crippen LogP contribution in [0.2, 0.25) is 0 Å². The maximum atomic E-state index is 13.3. The fourth-order valence-electron chi connectivity index (χ4n) is 2.06. The number of ether oxygens (including phenoxy) is 1. The first-order chi connectivity index (χ1) is 11.7. The van der Waals surface area contributed by atoms with Crippen molar-refractivity contribution in [1.29, 1.82) is 0 Å². The number of benzene rings is 2. The van der Waals surface area contributed by atoms with Crippen molar-refractivity contribution in [3.63, 3.8) is 0 Å². The van der Waals surface area contributed by atoms with Crippen LogP contribution in [0.4, 0.5) is 17.6 Å². The molecule has 1 atom stereocenters. The molecule has 0 saturated carbocycles. The van der Waals surface area contributed by atoms with Crippen LogP contribution >= 0.6 is 0 Å². The van der Waals surface area contributed by atoms with Crippen molar-refractivity contribution in [2.24, 2.45) is 0 Å². The highest BCUT2D eigenvalue weighted by atomic mass is 19.4. The second kappa shape index (κ2) is 7.52. The van der Waals surface area contributed by atoms with E-state index in [4.69, 9.17) is 4.74 Å². The lowest BCUT2D eigenvalue weighted by Gasteiger charge is -2.31. The third-order valence-corrected chi connectivity index (χ3v) is 3.46. The fraction of sp³-hybridized carbons (Fsp3) is 0.235. The topological polar surface area (TPSA) is 58.6 Å². The molecule has 0 spiro atoms. The molecule has 0 bridgehead atoms. The first-order valence-corrected chi connectivity index (χ1v) is 7.23. The SMILES string of the molecule is O=C(COc1ccccc1F)NCC(O)(c1ccccc1)C(F)(F)F. The maximum Gasteiger partial charge on any atom is 0.423 e. The highest BCUT2D eigenvalue weighted by Crippen LogP contribution is 2.38. The standard InChI is InChI=1S/C17H15F4NO3/c18-13-8-4-5-9-14(13)25-10-15(23)22-11-16(24,17(19,20)21)12-6-2-1-3-7-12/h1-9,24H,10-11H2,(H,22,23). The van der Waals surface area contributed by atoms with Gasteiger partial charge in [0.1, 0.15) is 0 Å². The number of nitrogens with one attached hydrogen (secondary N) is 1. The quantitative estimate of drug-likeness (QED) is 0.782. The van der Waals surface area contributed by atoms with Gasteiger partial charge in [-0.1, -0.05) is 42.5 Å². The molecule has 0 radical (unpaired) electrons. The molecular weight excluding hydrogens is 342 g/mol. The van der Waals surface area contributed by atoms with Gasteiger partial charge in [-0.2, -0.15) is 13.2 Å². The normalized spacial score (nSPS) is 13.8. The van der Waals surface area contributed by atoms with Crippen LogP contribution < -0.4 is 10.1 Å². The van der Waals surface area contributed by atoms with Crippen LogP contribution in [0.5, 0.6) is 5.75 Å². The lowest BCUT2D eigenvalue weighted by Crippen LogP contribution is -2.51. The van der Waals surface area contributed by atoms with E-state index in [9.17, 15) is 27.5 Å². The molecule has 1 amide bonds. The molecule has 1 unspecified atom stereocenters. The Balaban J connectivity index is 2.01. The Morgan fingerprint density at radius 1 is 1.04 bits per heavy atom. The van der Waals surface area contributed by atoms with Crippen molar-refractivity contribution in [2.45, 2.75) is 11.8 Å². The molecule has 2 aromatic carbocycles. The number of amides is 1. The van der Waals surface area contributed by atoms with Crippen LogP contribution in [-0.2, 0) is 10.4 Å². The highest BCUT2D eigenvalue weighted by Gasteiger charge is 2.55. The number of rotatable bonds is 6. The predicted octanol–water partition coefficient (Wildman–Crippen LogP) is 2.77. The summed E-state index contributed by atoms with van der Waals surface area (Å²) in [7, 11) is 0. The van der Waals surface area contributed by atoms with Crippen molar-refractivity contribution in [2.75, 3.05) is 13.2 Å². The minimum absolute atomic E-state index is 0.202. The molecule has 0 aliphatic carbocycles.